The number of benzene rings is 1. The molecule has 0 aliphatic heterocycles. The molecule has 1 unspecified atom stereocenters. The van der Waals surface area contributed by atoms with E-state index in [0.717, 1.165) is 41.2 Å². The molecule has 27 heavy (non-hydrogen) atoms. The van der Waals surface area contributed by atoms with Gasteiger partial charge in [0.15, 0.2) is 11.6 Å². The van der Waals surface area contributed by atoms with Crippen LogP contribution in [0.3, 0.4) is 0 Å². The summed E-state index contributed by atoms with van der Waals surface area (Å²) in [5, 5.41) is 8.58. The van der Waals surface area contributed by atoms with Crippen LogP contribution in [0.5, 0.6) is 5.75 Å². The molecule has 0 saturated heterocycles. The van der Waals surface area contributed by atoms with E-state index in [9.17, 15) is 4.39 Å². The van der Waals surface area contributed by atoms with Crippen LogP contribution in [0.4, 0.5) is 4.39 Å². The maximum absolute atomic E-state index is 14.4. The van der Waals surface area contributed by atoms with E-state index < -0.39 is 5.82 Å². The van der Waals surface area contributed by atoms with Gasteiger partial charge in [-0.1, -0.05) is 13.8 Å². The van der Waals surface area contributed by atoms with Crippen molar-refractivity contribution in [2.45, 2.75) is 52.5 Å². The second-order valence-corrected chi connectivity index (χ2v) is 7.29. The number of halogens is 1. The predicted octanol–water partition coefficient (Wildman–Crippen LogP) is 4.87. The van der Waals surface area contributed by atoms with Gasteiger partial charge in [0, 0.05) is 18.0 Å². The SMILES string of the molecule is CCc1nc2c(-c3cc(F)c(OC)cc3C)nncc2n1C(CC)C1CC1. The van der Waals surface area contributed by atoms with Gasteiger partial charge in [0.25, 0.3) is 0 Å². The Labute approximate surface area is 158 Å². The quantitative estimate of drug-likeness (QED) is 0.623. The van der Waals surface area contributed by atoms with Gasteiger partial charge in [-0.3, -0.25) is 0 Å². The van der Waals surface area contributed by atoms with E-state index in [0.29, 0.717) is 17.3 Å². The maximum Gasteiger partial charge on any atom is 0.165 e. The van der Waals surface area contributed by atoms with Crippen LogP contribution < -0.4 is 4.74 Å². The summed E-state index contributed by atoms with van der Waals surface area (Å²) in [4.78, 5) is 4.91. The van der Waals surface area contributed by atoms with Crippen molar-refractivity contribution in [3.8, 4) is 17.0 Å². The zero-order valence-electron chi connectivity index (χ0n) is 16.3. The summed E-state index contributed by atoms with van der Waals surface area (Å²) in [6.07, 6.45) is 6.25. The van der Waals surface area contributed by atoms with Crippen LogP contribution in [-0.2, 0) is 6.42 Å². The summed E-state index contributed by atoms with van der Waals surface area (Å²) in [6, 6.07) is 3.61. The lowest BCUT2D eigenvalue weighted by molar-refractivity contribution is 0.386. The van der Waals surface area contributed by atoms with Gasteiger partial charge in [0.05, 0.1) is 18.8 Å². The van der Waals surface area contributed by atoms with Crippen LogP contribution in [0.2, 0.25) is 0 Å². The van der Waals surface area contributed by atoms with Gasteiger partial charge in [-0.05, 0) is 49.8 Å². The van der Waals surface area contributed by atoms with Crippen molar-refractivity contribution in [2.75, 3.05) is 7.11 Å². The largest absolute Gasteiger partial charge is 0.494 e. The fraction of sp³-hybridized carbons (Fsp3) is 0.476. The van der Waals surface area contributed by atoms with Crippen molar-refractivity contribution in [3.63, 3.8) is 0 Å². The minimum absolute atomic E-state index is 0.232. The highest BCUT2D eigenvalue weighted by molar-refractivity contribution is 5.90. The fourth-order valence-corrected chi connectivity index (χ4v) is 4.05. The molecule has 142 valence electrons. The Morgan fingerprint density at radius 2 is 2.07 bits per heavy atom. The summed E-state index contributed by atoms with van der Waals surface area (Å²) in [5.74, 6) is 1.59. The average molecular weight is 368 g/mol. The third-order valence-electron chi connectivity index (χ3n) is 5.57. The molecular formula is C21H25FN4O. The zero-order chi connectivity index (χ0) is 19.1. The van der Waals surface area contributed by atoms with Gasteiger partial charge < -0.3 is 9.30 Å². The minimum atomic E-state index is -0.406. The molecule has 2 aromatic heterocycles. The Morgan fingerprint density at radius 1 is 1.30 bits per heavy atom. The summed E-state index contributed by atoms with van der Waals surface area (Å²) >= 11 is 0. The third kappa shape index (κ3) is 2.97. The summed E-state index contributed by atoms with van der Waals surface area (Å²) in [7, 11) is 1.47. The van der Waals surface area contributed by atoms with E-state index in [4.69, 9.17) is 9.72 Å². The van der Waals surface area contributed by atoms with Crippen LogP contribution >= 0.6 is 0 Å². The number of imidazole rings is 1. The lowest BCUT2D eigenvalue weighted by atomic mass is 10.0. The first kappa shape index (κ1) is 17.9. The lowest BCUT2D eigenvalue weighted by Gasteiger charge is -2.19. The monoisotopic (exact) mass is 368 g/mol. The van der Waals surface area contributed by atoms with Gasteiger partial charge in [0.2, 0.25) is 0 Å². The van der Waals surface area contributed by atoms with E-state index in [1.54, 1.807) is 12.3 Å². The molecule has 0 N–H and O–H groups in total. The van der Waals surface area contributed by atoms with Crippen LogP contribution in [-0.4, -0.2) is 26.9 Å². The number of nitrogens with zero attached hydrogens (tertiary/aromatic N) is 4. The summed E-state index contributed by atoms with van der Waals surface area (Å²) < 4.78 is 21.8. The predicted molar refractivity (Wildman–Crippen MR) is 103 cm³/mol. The van der Waals surface area contributed by atoms with Crippen molar-refractivity contribution in [2.24, 2.45) is 5.92 Å². The first-order valence-corrected chi connectivity index (χ1v) is 9.66. The number of fused-ring (bicyclic) bond motifs is 1. The van der Waals surface area contributed by atoms with E-state index in [1.165, 1.54) is 26.0 Å². The summed E-state index contributed by atoms with van der Waals surface area (Å²) in [6.45, 7) is 6.28. The van der Waals surface area contributed by atoms with Crippen molar-refractivity contribution in [1.29, 1.82) is 0 Å². The van der Waals surface area contributed by atoms with Crippen LogP contribution in [0.15, 0.2) is 18.3 Å². The third-order valence-corrected chi connectivity index (χ3v) is 5.57. The second kappa shape index (κ2) is 6.91. The van der Waals surface area contributed by atoms with E-state index in [1.807, 2.05) is 6.92 Å². The molecule has 1 atom stereocenters. The minimum Gasteiger partial charge on any atom is -0.494 e. The van der Waals surface area contributed by atoms with Gasteiger partial charge in [-0.25, -0.2) is 9.37 Å². The maximum atomic E-state index is 14.4. The lowest BCUT2D eigenvalue weighted by Crippen LogP contribution is -2.13. The number of methoxy groups -OCH3 is 1. The Bertz CT molecular complexity index is 994. The number of ether oxygens (including phenoxy) is 1. The molecule has 1 aliphatic rings. The number of hydrogen-bond acceptors (Lipinski definition) is 4. The van der Waals surface area contributed by atoms with E-state index in [-0.39, 0.29) is 5.75 Å². The topological polar surface area (TPSA) is 52.8 Å². The van der Waals surface area contributed by atoms with E-state index >= 15 is 0 Å². The molecule has 1 fully saturated rings. The average Bonchev–Trinajstić information content (AvgIpc) is 3.44. The molecule has 0 amide bonds. The number of rotatable bonds is 6. The van der Waals surface area contributed by atoms with Crippen molar-refractivity contribution in [3.05, 3.63) is 35.5 Å². The normalized spacial score (nSPS) is 15.3. The fourth-order valence-electron chi connectivity index (χ4n) is 4.05. The van der Waals surface area contributed by atoms with Gasteiger partial charge in [0.1, 0.15) is 17.0 Å². The van der Waals surface area contributed by atoms with E-state index in [2.05, 4.69) is 28.6 Å². The molecule has 0 spiro atoms. The number of aryl methyl sites for hydroxylation is 2. The molecule has 1 saturated carbocycles. The standard InChI is InChI=1S/C21H25FN4O/c1-5-16(13-7-8-13)26-17-11-23-25-20(21(17)24-19(26)6-2)14-10-15(22)18(27-4)9-12(14)3/h9-11,13,16H,5-8H2,1-4H3. The highest BCUT2D eigenvalue weighted by Crippen LogP contribution is 2.44. The highest BCUT2D eigenvalue weighted by Gasteiger charge is 2.33. The van der Waals surface area contributed by atoms with Crippen LogP contribution in [0.1, 0.15) is 50.5 Å². The highest BCUT2D eigenvalue weighted by atomic mass is 19.1. The number of aromatic nitrogens is 4. The van der Waals surface area contributed by atoms with Crippen molar-refractivity contribution < 1.29 is 9.13 Å². The molecule has 3 aromatic rings. The zero-order valence-corrected chi connectivity index (χ0v) is 16.3. The number of hydrogen-bond donors (Lipinski definition) is 0. The van der Waals surface area contributed by atoms with Crippen LogP contribution in [0.25, 0.3) is 22.3 Å². The van der Waals surface area contributed by atoms with Gasteiger partial charge in [-0.2, -0.15) is 5.10 Å². The molecule has 0 bridgehead atoms. The molecule has 1 aliphatic carbocycles. The summed E-state index contributed by atoms with van der Waals surface area (Å²) in [5.41, 5.74) is 4.01. The molecule has 6 heteroatoms. The van der Waals surface area contributed by atoms with Gasteiger partial charge in [-0.15, -0.1) is 5.10 Å². The first-order chi connectivity index (χ1) is 13.1. The van der Waals surface area contributed by atoms with Crippen molar-refractivity contribution in [1.82, 2.24) is 19.7 Å². The Hall–Kier alpha value is -2.50. The van der Waals surface area contributed by atoms with Crippen LogP contribution in [0, 0.1) is 18.7 Å². The molecule has 5 nitrogen and oxygen atoms in total. The smallest absolute Gasteiger partial charge is 0.165 e. The molecular weight excluding hydrogens is 343 g/mol. The second-order valence-electron chi connectivity index (χ2n) is 7.29. The van der Waals surface area contributed by atoms with Gasteiger partial charge >= 0.3 is 0 Å². The molecule has 1 aromatic carbocycles. The molecule has 2 heterocycles. The molecule has 0 radical (unpaired) electrons. The Kier molecular flexibility index (Phi) is 4.58. The first-order valence-electron chi connectivity index (χ1n) is 9.66. The molecule has 4 rings (SSSR count). The Balaban J connectivity index is 1.94. The van der Waals surface area contributed by atoms with Crippen molar-refractivity contribution >= 4 is 11.0 Å². The Morgan fingerprint density at radius 3 is 2.70 bits per heavy atom.